The number of rotatable bonds is 6. The fourth-order valence-electron chi connectivity index (χ4n) is 2.50. The van der Waals surface area contributed by atoms with Crippen molar-refractivity contribution >= 4 is 17.3 Å². The minimum atomic E-state index is 0.668. The highest BCUT2D eigenvalue weighted by Gasteiger charge is 2.07. The highest BCUT2D eigenvalue weighted by Crippen LogP contribution is 2.19. The first-order valence-electron chi connectivity index (χ1n) is 8.04. The van der Waals surface area contributed by atoms with Gasteiger partial charge in [-0.25, -0.2) is 4.98 Å². The fraction of sp³-hybridized carbons (Fsp3) is 0.444. The molecule has 0 spiro atoms. The van der Waals surface area contributed by atoms with Gasteiger partial charge >= 0.3 is 0 Å². The number of hydrogen-bond acceptors (Lipinski definition) is 4. The van der Waals surface area contributed by atoms with Crippen LogP contribution in [0.3, 0.4) is 0 Å². The van der Waals surface area contributed by atoms with Crippen LogP contribution >= 0.6 is 11.3 Å². The van der Waals surface area contributed by atoms with Crippen molar-refractivity contribution in [1.82, 2.24) is 15.6 Å². The van der Waals surface area contributed by atoms with Crippen LogP contribution in [0.4, 0.5) is 0 Å². The van der Waals surface area contributed by atoms with Gasteiger partial charge < -0.3 is 15.4 Å². The number of nitrogens with one attached hydrogen (secondary N) is 2. The van der Waals surface area contributed by atoms with E-state index in [0.29, 0.717) is 6.54 Å². The van der Waals surface area contributed by atoms with Crippen molar-refractivity contribution < 1.29 is 4.74 Å². The monoisotopic (exact) mass is 346 g/mol. The summed E-state index contributed by atoms with van der Waals surface area (Å²) >= 11 is 1.76. The lowest BCUT2D eigenvalue weighted by Gasteiger charge is -2.14. The number of aromatic nitrogens is 1. The molecule has 24 heavy (non-hydrogen) atoms. The maximum Gasteiger partial charge on any atom is 0.191 e. The van der Waals surface area contributed by atoms with Crippen molar-refractivity contribution in [2.24, 2.45) is 4.99 Å². The van der Waals surface area contributed by atoms with E-state index in [2.05, 4.69) is 46.6 Å². The van der Waals surface area contributed by atoms with E-state index in [0.717, 1.165) is 40.9 Å². The summed E-state index contributed by atoms with van der Waals surface area (Å²) in [5.74, 6) is 1.69. The van der Waals surface area contributed by atoms with Crippen molar-refractivity contribution in [3.05, 3.63) is 44.9 Å². The van der Waals surface area contributed by atoms with E-state index in [-0.39, 0.29) is 0 Å². The van der Waals surface area contributed by atoms with E-state index in [4.69, 9.17) is 4.74 Å². The molecule has 0 atom stereocenters. The lowest BCUT2D eigenvalue weighted by molar-refractivity contribution is 0.408. The molecule has 2 N–H and O–H groups in total. The van der Waals surface area contributed by atoms with Crippen LogP contribution in [-0.2, 0) is 13.0 Å². The predicted octanol–water partition coefficient (Wildman–Crippen LogP) is 2.98. The Labute approximate surface area is 148 Å². The standard InChI is InChI=1S/C18H26N4OS/c1-12-6-7-15(16(10-12)23-5)11-21-18(19-4)20-9-8-17-13(2)22-14(3)24-17/h6-7,10H,8-9,11H2,1-5H3,(H2,19,20,21). The van der Waals surface area contributed by atoms with Crippen molar-refractivity contribution in [3.63, 3.8) is 0 Å². The van der Waals surface area contributed by atoms with Crippen LogP contribution in [-0.4, -0.2) is 31.6 Å². The van der Waals surface area contributed by atoms with Gasteiger partial charge in [-0.15, -0.1) is 11.3 Å². The van der Waals surface area contributed by atoms with Crippen LogP contribution in [0, 0.1) is 20.8 Å². The summed E-state index contributed by atoms with van der Waals surface area (Å²) < 4.78 is 5.44. The summed E-state index contributed by atoms with van der Waals surface area (Å²) in [5, 5.41) is 7.80. The van der Waals surface area contributed by atoms with E-state index in [1.807, 2.05) is 13.0 Å². The summed E-state index contributed by atoms with van der Waals surface area (Å²) in [4.78, 5) is 10.1. The molecule has 0 saturated carbocycles. The van der Waals surface area contributed by atoms with Crippen LogP contribution < -0.4 is 15.4 Å². The van der Waals surface area contributed by atoms with E-state index in [1.165, 1.54) is 10.4 Å². The maximum atomic E-state index is 5.44. The molecule has 0 radical (unpaired) electrons. The minimum absolute atomic E-state index is 0.668. The zero-order valence-electron chi connectivity index (χ0n) is 15.1. The SMILES string of the molecule is CN=C(NCCc1sc(C)nc1C)NCc1ccc(C)cc1OC. The minimum Gasteiger partial charge on any atom is -0.496 e. The van der Waals surface area contributed by atoms with Gasteiger partial charge in [-0.2, -0.15) is 0 Å². The second kappa shape index (κ2) is 8.68. The molecule has 130 valence electrons. The number of hydrogen-bond donors (Lipinski definition) is 2. The van der Waals surface area contributed by atoms with Gasteiger partial charge in [0, 0.05) is 37.0 Å². The van der Waals surface area contributed by atoms with Crippen LogP contribution in [0.2, 0.25) is 0 Å². The number of ether oxygens (including phenoxy) is 1. The first-order valence-corrected chi connectivity index (χ1v) is 8.86. The van der Waals surface area contributed by atoms with E-state index >= 15 is 0 Å². The van der Waals surface area contributed by atoms with Crippen LogP contribution in [0.1, 0.15) is 26.7 Å². The number of nitrogens with zero attached hydrogens (tertiary/aromatic N) is 2. The summed E-state index contributed by atoms with van der Waals surface area (Å²) in [6, 6.07) is 6.21. The van der Waals surface area contributed by atoms with Crippen LogP contribution in [0.5, 0.6) is 5.75 Å². The lowest BCUT2D eigenvalue weighted by Crippen LogP contribution is -2.37. The molecule has 0 saturated heterocycles. The van der Waals surface area contributed by atoms with Crippen LogP contribution in [0.15, 0.2) is 23.2 Å². The van der Waals surface area contributed by atoms with Gasteiger partial charge in [0.15, 0.2) is 5.96 Å². The lowest BCUT2D eigenvalue weighted by atomic mass is 10.1. The Morgan fingerprint density at radius 3 is 2.67 bits per heavy atom. The van der Waals surface area contributed by atoms with Gasteiger partial charge in [0.1, 0.15) is 5.75 Å². The molecule has 2 aromatic rings. The molecule has 1 aromatic carbocycles. The Morgan fingerprint density at radius 1 is 1.25 bits per heavy atom. The predicted molar refractivity (Wildman–Crippen MR) is 101 cm³/mol. The quantitative estimate of drug-likeness (QED) is 0.624. The summed E-state index contributed by atoms with van der Waals surface area (Å²) in [6.07, 6.45) is 0.950. The molecule has 2 rings (SSSR count). The zero-order valence-corrected chi connectivity index (χ0v) is 15.9. The molecule has 1 heterocycles. The maximum absolute atomic E-state index is 5.44. The number of methoxy groups -OCH3 is 1. The van der Waals surface area contributed by atoms with Crippen molar-refractivity contribution in [2.75, 3.05) is 20.7 Å². The second-order valence-electron chi connectivity index (χ2n) is 5.66. The Balaban J connectivity index is 1.85. The highest BCUT2D eigenvalue weighted by atomic mass is 32.1. The summed E-state index contributed by atoms with van der Waals surface area (Å²) in [5.41, 5.74) is 3.43. The first kappa shape index (κ1) is 18.3. The molecule has 0 aliphatic carbocycles. The Morgan fingerprint density at radius 2 is 2.04 bits per heavy atom. The molecular formula is C18H26N4OS. The first-order chi connectivity index (χ1) is 11.5. The van der Waals surface area contributed by atoms with Gasteiger partial charge in [0.2, 0.25) is 0 Å². The number of aryl methyl sites for hydroxylation is 3. The fourth-order valence-corrected chi connectivity index (χ4v) is 3.43. The molecule has 0 aliphatic rings. The second-order valence-corrected chi connectivity index (χ2v) is 6.95. The molecule has 1 aromatic heterocycles. The molecule has 0 aliphatic heterocycles. The van der Waals surface area contributed by atoms with Gasteiger partial charge in [-0.1, -0.05) is 12.1 Å². The molecule has 0 amide bonds. The van der Waals surface area contributed by atoms with Gasteiger partial charge in [0.25, 0.3) is 0 Å². The number of guanidine groups is 1. The molecule has 5 nitrogen and oxygen atoms in total. The Bertz CT molecular complexity index is 709. The third-order valence-corrected chi connectivity index (χ3v) is 4.89. The third kappa shape index (κ3) is 4.96. The number of benzene rings is 1. The van der Waals surface area contributed by atoms with Gasteiger partial charge in [-0.3, -0.25) is 4.99 Å². The Hall–Kier alpha value is -2.08. The third-order valence-electron chi connectivity index (χ3n) is 3.76. The topological polar surface area (TPSA) is 58.5 Å². The van der Waals surface area contributed by atoms with Crippen LogP contribution in [0.25, 0.3) is 0 Å². The van der Waals surface area contributed by atoms with E-state index in [1.54, 1.807) is 25.5 Å². The van der Waals surface area contributed by atoms with Crippen molar-refractivity contribution in [1.29, 1.82) is 0 Å². The molecular weight excluding hydrogens is 320 g/mol. The highest BCUT2D eigenvalue weighted by molar-refractivity contribution is 7.11. The average molecular weight is 347 g/mol. The zero-order chi connectivity index (χ0) is 17.5. The van der Waals surface area contributed by atoms with Gasteiger partial charge in [-0.05, 0) is 32.4 Å². The van der Waals surface area contributed by atoms with Crippen molar-refractivity contribution in [3.8, 4) is 5.75 Å². The largest absolute Gasteiger partial charge is 0.496 e. The Kier molecular flexibility index (Phi) is 6.61. The average Bonchev–Trinajstić information content (AvgIpc) is 2.89. The van der Waals surface area contributed by atoms with E-state index < -0.39 is 0 Å². The van der Waals surface area contributed by atoms with Crippen molar-refractivity contribution in [2.45, 2.75) is 33.7 Å². The van der Waals surface area contributed by atoms with Gasteiger partial charge in [0.05, 0.1) is 17.8 Å². The molecule has 0 unspecified atom stereocenters. The summed E-state index contributed by atoms with van der Waals surface area (Å²) in [6.45, 7) is 7.66. The molecule has 0 fully saturated rings. The smallest absolute Gasteiger partial charge is 0.191 e. The van der Waals surface area contributed by atoms with E-state index in [9.17, 15) is 0 Å². The number of thiazole rings is 1. The molecule has 6 heteroatoms. The number of aliphatic imine (C=N–C) groups is 1. The molecule has 0 bridgehead atoms. The summed E-state index contributed by atoms with van der Waals surface area (Å²) in [7, 11) is 3.48. The normalized spacial score (nSPS) is 11.5.